The molecule has 0 aromatic carbocycles. The van der Waals surface area contributed by atoms with E-state index >= 15 is 0 Å². The van der Waals surface area contributed by atoms with Crippen LogP contribution in [-0.4, -0.2) is 36.6 Å². The molecule has 2 rings (SSSR count). The Labute approximate surface area is 116 Å². The van der Waals surface area contributed by atoms with Gasteiger partial charge in [0.1, 0.15) is 11.6 Å². The lowest BCUT2D eigenvalue weighted by molar-refractivity contribution is 0.692. The first-order valence-electron chi connectivity index (χ1n) is 5.48. The van der Waals surface area contributed by atoms with Crippen molar-refractivity contribution in [2.24, 2.45) is 0 Å². The van der Waals surface area contributed by atoms with E-state index in [1.807, 2.05) is 18.8 Å². The molecular formula is C11H15Cl2N3S. The van der Waals surface area contributed by atoms with E-state index in [2.05, 4.69) is 15.2 Å². The fourth-order valence-corrected chi connectivity index (χ4v) is 3.73. The normalized spacial score (nSPS) is 19.4. The summed E-state index contributed by atoms with van der Waals surface area (Å²) in [6.45, 7) is 0. The zero-order valence-electron chi connectivity index (χ0n) is 9.83. The molecule has 0 spiro atoms. The third-order valence-electron chi connectivity index (χ3n) is 2.94. The van der Waals surface area contributed by atoms with Gasteiger partial charge in [-0.25, -0.2) is 4.98 Å². The largest absolute Gasteiger partial charge is 0.372 e. The second-order valence-corrected chi connectivity index (χ2v) is 5.97. The first-order chi connectivity index (χ1) is 8.13. The SMILES string of the molecule is CNc1nc(N(C)C2CCSC2)c(Cl)cc1Cl. The Kier molecular flexibility index (Phi) is 4.28. The summed E-state index contributed by atoms with van der Waals surface area (Å²) in [7, 11) is 3.84. The molecule has 17 heavy (non-hydrogen) atoms. The van der Waals surface area contributed by atoms with Gasteiger partial charge in [-0.2, -0.15) is 11.8 Å². The highest BCUT2D eigenvalue weighted by atomic mass is 35.5. The van der Waals surface area contributed by atoms with Crippen molar-refractivity contribution in [1.82, 2.24) is 4.98 Å². The standard InChI is InChI=1S/C11H15Cl2N3S/c1-14-10-8(12)5-9(13)11(15-10)16(2)7-3-4-17-6-7/h5,7H,3-4,6H2,1-2H3,(H,14,15). The van der Waals surface area contributed by atoms with Crippen molar-refractivity contribution in [2.75, 3.05) is 35.8 Å². The highest BCUT2D eigenvalue weighted by Crippen LogP contribution is 2.33. The lowest BCUT2D eigenvalue weighted by Gasteiger charge is -2.26. The van der Waals surface area contributed by atoms with Gasteiger partial charge in [-0.05, 0) is 18.2 Å². The van der Waals surface area contributed by atoms with E-state index in [1.165, 1.54) is 12.2 Å². The van der Waals surface area contributed by atoms with Gasteiger partial charge < -0.3 is 10.2 Å². The predicted molar refractivity (Wildman–Crippen MR) is 77.9 cm³/mol. The van der Waals surface area contributed by atoms with E-state index in [4.69, 9.17) is 23.2 Å². The minimum absolute atomic E-state index is 0.510. The third-order valence-corrected chi connectivity index (χ3v) is 4.65. The number of nitrogens with zero attached hydrogens (tertiary/aromatic N) is 2. The Balaban J connectivity index is 2.30. The number of rotatable bonds is 3. The van der Waals surface area contributed by atoms with Gasteiger partial charge in [0.15, 0.2) is 0 Å². The number of anilines is 2. The van der Waals surface area contributed by atoms with E-state index in [-0.39, 0.29) is 0 Å². The Morgan fingerprint density at radius 1 is 1.47 bits per heavy atom. The van der Waals surface area contributed by atoms with E-state index in [0.717, 1.165) is 11.6 Å². The number of halogens is 2. The molecule has 0 radical (unpaired) electrons. The van der Waals surface area contributed by atoms with Crippen molar-refractivity contribution in [2.45, 2.75) is 12.5 Å². The Morgan fingerprint density at radius 3 is 2.82 bits per heavy atom. The fraction of sp³-hybridized carbons (Fsp3) is 0.545. The number of nitrogens with one attached hydrogen (secondary N) is 1. The van der Waals surface area contributed by atoms with E-state index in [9.17, 15) is 0 Å². The van der Waals surface area contributed by atoms with Crippen LogP contribution in [-0.2, 0) is 0 Å². The molecule has 2 heterocycles. The number of thioether (sulfide) groups is 1. The molecule has 1 atom stereocenters. The molecule has 0 bridgehead atoms. The summed E-state index contributed by atoms with van der Waals surface area (Å²) in [5.41, 5.74) is 0. The second kappa shape index (κ2) is 5.55. The molecule has 1 aromatic heterocycles. The van der Waals surface area contributed by atoms with E-state index in [0.29, 0.717) is 21.9 Å². The summed E-state index contributed by atoms with van der Waals surface area (Å²) < 4.78 is 0. The van der Waals surface area contributed by atoms with Crippen molar-refractivity contribution in [3.8, 4) is 0 Å². The number of hydrogen-bond donors (Lipinski definition) is 1. The molecule has 1 saturated heterocycles. The quantitative estimate of drug-likeness (QED) is 0.924. The molecule has 94 valence electrons. The third kappa shape index (κ3) is 2.75. The maximum absolute atomic E-state index is 6.21. The number of aromatic nitrogens is 1. The van der Waals surface area contributed by atoms with Crippen LogP contribution in [0.3, 0.4) is 0 Å². The number of pyridine rings is 1. The first kappa shape index (κ1) is 13.1. The van der Waals surface area contributed by atoms with Gasteiger partial charge in [0.25, 0.3) is 0 Å². The van der Waals surface area contributed by atoms with Crippen molar-refractivity contribution < 1.29 is 0 Å². The van der Waals surface area contributed by atoms with Crippen LogP contribution in [0.5, 0.6) is 0 Å². The molecule has 1 unspecified atom stereocenters. The van der Waals surface area contributed by atoms with Crippen molar-refractivity contribution in [3.05, 3.63) is 16.1 Å². The maximum atomic E-state index is 6.21. The minimum atomic E-state index is 0.510. The van der Waals surface area contributed by atoms with Gasteiger partial charge in [0.05, 0.1) is 10.0 Å². The molecule has 1 aromatic rings. The smallest absolute Gasteiger partial charge is 0.149 e. The summed E-state index contributed by atoms with van der Waals surface area (Å²) in [4.78, 5) is 6.63. The summed E-state index contributed by atoms with van der Waals surface area (Å²) >= 11 is 14.2. The molecule has 1 N–H and O–H groups in total. The van der Waals surface area contributed by atoms with Crippen molar-refractivity contribution in [1.29, 1.82) is 0 Å². The van der Waals surface area contributed by atoms with Gasteiger partial charge in [-0.1, -0.05) is 23.2 Å². The summed E-state index contributed by atoms with van der Waals surface area (Å²) in [5.74, 6) is 3.81. The van der Waals surface area contributed by atoms with Gasteiger partial charge >= 0.3 is 0 Å². The zero-order chi connectivity index (χ0) is 12.4. The monoisotopic (exact) mass is 291 g/mol. The van der Waals surface area contributed by atoms with Crippen LogP contribution in [0, 0.1) is 0 Å². The van der Waals surface area contributed by atoms with Crippen LogP contribution < -0.4 is 10.2 Å². The number of hydrogen-bond acceptors (Lipinski definition) is 4. The van der Waals surface area contributed by atoms with Gasteiger partial charge in [0.2, 0.25) is 0 Å². The zero-order valence-corrected chi connectivity index (χ0v) is 12.2. The summed E-state index contributed by atoms with van der Waals surface area (Å²) in [5, 5.41) is 4.13. The van der Waals surface area contributed by atoms with Gasteiger partial charge in [-0.3, -0.25) is 0 Å². The molecule has 1 aliphatic heterocycles. The molecule has 6 heteroatoms. The molecule has 0 saturated carbocycles. The Hall–Kier alpha value is -0.320. The van der Waals surface area contributed by atoms with E-state index in [1.54, 1.807) is 13.1 Å². The highest BCUT2D eigenvalue weighted by molar-refractivity contribution is 7.99. The Bertz CT molecular complexity index is 408. The van der Waals surface area contributed by atoms with E-state index < -0.39 is 0 Å². The van der Waals surface area contributed by atoms with Crippen LogP contribution >= 0.6 is 35.0 Å². The molecule has 1 fully saturated rings. The fourth-order valence-electron chi connectivity index (χ4n) is 1.88. The summed E-state index contributed by atoms with van der Waals surface area (Å²) in [6.07, 6.45) is 1.18. The molecular weight excluding hydrogens is 277 g/mol. The van der Waals surface area contributed by atoms with Crippen LogP contribution in [0.1, 0.15) is 6.42 Å². The molecule has 1 aliphatic rings. The van der Waals surface area contributed by atoms with Crippen molar-refractivity contribution in [3.63, 3.8) is 0 Å². The second-order valence-electron chi connectivity index (χ2n) is 4.00. The predicted octanol–water partition coefficient (Wildman–Crippen LogP) is 3.37. The average Bonchev–Trinajstić information content (AvgIpc) is 2.82. The molecule has 3 nitrogen and oxygen atoms in total. The highest BCUT2D eigenvalue weighted by Gasteiger charge is 2.23. The summed E-state index contributed by atoms with van der Waals surface area (Å²) in [6, 6.07) is 2.26. The minimum Gasteiger partial charge on any atom is -0.372 e. The van der Waals surface area contributed by atoms with Crippen LogP contribution in [0.15, 0.2) is 6.07 Å². The lowest BCUT2D eigenvalue weighted by Crippen LogP contribution is -2.32. The van der Waals surface area contributed by atoms with Gasteiger partial charge in [0, 0.05) is 25.9 Å². The average molecular weight is 292 g/mol. The Morgan fingerprint density at radius 2 is 2.24 bits per heavy atom. The lowest BCUT2D eigenvalue weighted by atomic mass is 10.2. The first-order valence-corrected chi connectivity index (χ1v) is 7.39. The van der Waals surface area contributed by atoms with Crippen LogP contribution in [0.2, 0.25) is 10.0 Å². The molecule has 0 aliphatic carbocycles. The maximum Gasteiger partial charge on any atom is 0.149 e. The molecule has 0 amide bonds. The van der Waals surface area contributed by atoms with Crippen molar-refractivity contribution >= 4 is 46.6 Å². The van der Waals surface area contributed by atoms with Crippen LogP contribution in [0.25, 0.3) is 0 Å². The van der Waals surface area contributed by atoms with Crippen LogP contribution in [0.4, 0.5) is 11.6 Å². The van der Waals surface area contributed by atoms with Gasteiger partial charge in [-0.15, -0.1) is 0 Å². The topological polar surface area (TPSA) is 28.2 Å².